The molecule has 0 aliphatic carbocycles. The van der Waals surface area contributed by atoms with Crippen LogP contribution in [0.25, 0.3) is 11.5 Å². The van der Waals surface area contributed by atoms with E-state index in [4.69, 9.17) is 4.42 Å². The molecule has 3 aromatic rings. The predicted octanol–water partition coefficient (Wildman–Crippen LogP) is 3.40. The highest BCUT2D eigenvalue weighted by Crippen LogP contribution is 2.26. The smallest absolute Gasteiger partial charge is 0.337 e. The predicted molar refractivity (Wildman–Crippen MR) is 105 cm³/mol. The summed E-state index contributed by atoms with van der Waals surface area (Å²) in [6, 6.07) is 15.5. The molecule has 0 bridgehead atoms. The molecular weight excluding hydrogens is 380 g/mol. The minimum atomic E-state index is -3.59. The summed E-state index contributed by atoms with van der Waals surface area (Å²) in [5.41, 5.74) is 2.08. The summed E-state index contributed by atoms with van der Waals surface area (Å²) in [5, 5.41) is 0. The van der Waals surface area contributed by atoms with E-state index < -0.39 is 16.0 Å². The van der Waals surface area contributed by atoms with Crippen LogP contribution in [0.3, 0.4) is 0 Å². The number of aromatic nitrogens is 1. The molecule has 0 atom stereocenters. The zero-order chi connectivity index (χ0) is 20.3. The van der Waals surface area contributed by atoms with E-state index in [9.17, 15) is 13.2 Å². The second-order valence-electron chi connectivity index (χ2n) is 6.20. The zero-order valence-corrected chi connectivity index (χ0v) is 16.6. The number of carbonyl (C=O) groups is 1. The highest BCUT2D eigenvalue weighted by atomic mass is 32.2. The lowest BCUT2D eigenvalue weighted by molar-refractivity contribution is 0.0600. The van der Waals surface area contributed by atoms with Crippen molar-refractivity contribution in [2.45, 2.75) is 13.5 Å². The Morgan fingerprint density at radius 2 is 1.75 bits per heavy atom. The largest absolute Gasteiger partial charge is 0.465 e. The Labute approximate surface area is 163 Å². The van der Waals surface area contributed by atoms with Crippen LogP contribution in [0.1, 0.15) is 21.8 Å². The summed E-state index contributed by atoms with van der Waals surface area (Å²) in [6.45, 7) is 1.76. The van der Waals surface area contributed by atoms with E-state index >= 15 is 0 Å². The highest BCUT2D eigenvalue weighted by molar-refractivity contribution is 7.92. The highest BCUT2D eigenvalue weighted by Gasteiger charge is 2.22. The van der Waals surface area contributed by atoms with Crippen LogP contribution in [-0.4, -0.2) is 32.7 Å². The van der Waals surface area contributed by atoms with Crippen LogP contribution < -0.4 is 4.31 Å². The lowest BCUT2D eigenvalue weighted by Crippen LogP contribution is -2.29. The van der Waals surface area contributed by atoms with Gasteiger partial charge < -0.3 is 9.15 Å². The number of hydrogen-bond acceptors (Lipinski definition) is 6. The summed E-state index contributed by atoms with van der Waals surface area (Å²) in [4.78, 5) is 16.1. The Bertz CT molecular complexity index is 1070. The summed E-state index contributed by atoms with van der Waals surface area (Å²) >= 11 is 0. The fourth-order valence-corrected chi connectivity index (χ4v) is 3.56. The van der Waals surface area contributed by atoms with Crippen molar-refractivity contribution in [1.29, 1.82) is 0 Å². The quantitative estimate of drug-likeness (QED) is 0.589. The molecule has 0 unspecified atom stereocenters. The Hall–Kier alpha value is -3.13. The van der Waals surface area contributed by atoms with Gasteiger partial charge >= 0.3 is 5.97 Å². The Morgan fingerprint density at radius 3 is 2.32 bits per heavy atom. The van der Waals surface area contributed by atoms with Gasteiger partial charge in [0.25, 0.3) is 0 Å². The maximum absolute atomic E-state index is 12.4. The molecule has 8 heteroatoms. The third-order valence-electron chi connectivity index (χ3n) is 4.18. The van der Waals surface area contributed by atoms with Crippen molar-refractivity contribution in [1.82, 2.24) is 4.98 Å². The van der Waals surface area contributed by atoms with Gasteiger partial charge in [-0.3, -0.25) is 4.31 Å². The van der Waals surface area contributed by atoms with Gasteiger partial charge in [0.2, 0.25) is 15.9 Å². The van der Waals surface area contributed by atoms with Gasteiger partial charge in [-0.25, -0.2) is 18.2 Å². The summed E-state index contributed by atoms with van der Waals surface area (Å²) in [7, 11) is -2.30. The number of esters is 1. The molecule has 0 radical (unpaired) electrons. The molecule has 2 aromatic carbocycles. The first-order chi connectivity index (χ1) is 13.3. The summed E-state index contributed by atoms with van der Waals surface area (Å²) in [6.07, 6.45) is 1.12. The van der Waals surface area contributed by atoms with Crippen LogP contribution >= 0.6 is 0 Å². The van der Waals surface area contributed by atoms with E-state index in [1.807, 2.05) is 30.3 Å². The zero-order valence-electron chi connectivity index (χ0n) is 15.7. The second-order valence-corrected chi connectivity index (χ2v) is 8.10. The molecule has 0 N–H and O–H groups in total. The van der Waals surface area contributed by atoms with Crippen molar-refractivity contribution in [2.24, 2.45) is 0 Å². The van der Waals surface area contributed by atoms with Gasteiger partial charge in [-0.15, -0.1) is 0 Å². The molecule has 146 valence electrons. The SMILES string of the molecule is COC(=O)c1ccc(N(Cc2nc(-c3ccccc3)oc2C)S(C)(=O)=O)cc1. The molecule has 0 saturated heterocycles. The van der Waals surface area contributed by atoms with Crippen molar-refractivity contribution in [3.63, 3.8) is 0 Å². The third kappa shape index (κ3) is 4.23. The minimum absolute atomic E-state index is 0.0125. The topological polar surface area (TPSA) is 89.7 Å². The van der Waals surface area contributed by atoms with Crippen LogP contribution in [0, 0.1) is 6.92 Å². The number of anilines is 1. The number of ether oxygens (including phenoxy) is 1. The van der Waals surface area contributed by atoms with Crippen molar-refractivity contribution >= 4 is 21.7 Å². The van der Waals surface area contributed by atoms with Crippen molar-refractivity contribution < 1.29 is 22.4 Å². The number of hydrogen-bond donors (Lipinski definition) is 0. The Kier molecular flexibility index (Phi) is 5.51. The number of carbonyl (C=O) groups excluding carboxylic acids is 1. The van der Waals surface area contributed by atoms with E-state index in [0.29, 0.717) is 28.6 Å². The van der Waals surface area contributed by atoms with Crippen LogP contribution in [0.4, 0.5) is 5.69 Å². The normalized spacial score (nSPS) is 11.2. The van der Waals surface area contributed by atoms with E-state index in [1.165, 1.54) is 23.5 Å². The van der Waals surface area contributed by atoms with Gasteiger partial charge in [-0.2, -0.15) is 0 Å². The first-order valence-electron chi connectivity index (χ1n) is 8.47. The van der Waals surface area contributed by atoms with Gasteiger partial charge in [-0.05, 0) is 43.3 Å². The third-order valence-corrected chi connectivity index (χ3v) is 5.32. The second kappa shape index (κ2) is 7.85. The molecule has 0 aliphatic heterocycles. The molecule has 0 aliphatic rings. The standard InChI is InChI=1S/C20H20N2O5S/c1-14-18(21-19(27-14)15-7-5-4-6-8-15)13-22(28(3,24)25)17-11-9-16(10-12-17)20(23)26-2/h4-12H,13H2,1-3H3. The van der Waals surface area contributed by atoms with Crippen molar-refractivity contribution in [2.75, 3.05) is 17.7 Å². The number of aryl methyl sites for hydroxylation is 1. The van der Waals surface area contributed by atoms with Gasteiger partial charge in [0.05, 0.1) is 31.2 Å². The minimum Gasteiger partial charge on any atom is -0.465 e. The van der Waals surface area contributed by atoms with E-state index in [1.54, 1.807) is 19.1 Å². The van der Waals surface area contributed by atoms with Gasteiger partial charge in [-0.1, -0.05) is 18.2 Å². The average molecular weight is 400 g/mol. The van der Waals surface area contributed by atoms with Gasteiger partial charge in [0.15, 0.2) is 0 Å². The van der Waals surface area contributed by atoms with Crippen LogP contribution in [0.5, 0.6) is 0 Å². The molecule has 28 heavy (non-hydrogen) atoms. The summed E-state index contributed by atoms with van der Waals surface area (Å²) < 4.78 is 36.4. The number of nitrogens with zero attached hydrogens (tertiary/aromatic N) is 2. The average Bonchev–Trinajstić information content (AvgIpc) is 3.06. The number of benzene rings is 2. The van der Waals surface area contributed by atoms with Crippen LogP contribution in [0.2, 0.25) is 0 Å². The monoisotopic (exact) mass is 400 g/mol. The fourth-order valence-electron chi connectivity index (χ4n) is 2.70. The lowest BCUT2D eigenvalue weighted by atomic mass is 10.2. The van der Waals surface area contributed by atoms with Crippen molar-refractivity contribution in [3.8, 4) is 11.5 Å². The van der Waals surface area contributed by atoms with E-state index in [0.717, 1.165) is 11.8 Å². The number of oxazole rings is 1. The molecule has 0 amide bonds. The molecular formula is C20H20N2O5S. The molecule has 0 fully saturated rings. The van der Waals surface area contributed by atoms with E-state index in [-0.39, 0.29) is 6.54 Å². The van der Waals surface area contributed by atoms with Gasteiger partial charge in [0, 0.05) is 5.56 Å². The van der Waals surface area contributed by atoms with Crippen LogP contribution in [0.15, 0.2) is 59.0 Å². The van der Waals surface area contributed by atoms with Crippen molar-refractivity contribution in [3.05, 3.63) is 71.6 Å². The number of methoxy groups -OCH3 is 1. The lowest BCUT2D eigenvalue weighted by Gasteiger charge is -2.21. The number of sulfonamides is 1. The Balaban J connectivity index is 1.92. The fraction of sp³-hybridized carbons (Fsp3) is 0.200. The molecule has 7 nitrogen and oxygen atoms in total. The molecule has 1 heterocycles. The van der Waals surface area contributed by atoms with E-state index in [2.05, 4.69) is 9.72 Å². The maximum Gasteiger partial charge on any atom is 0.337 e. The summed E-state index contributed by atoms with van der Waals surface area (Å²) in [5.74, 6) is 0.485. The molecule has 0 saturated carbocycles. The maximum atomic E-state index is 12.4. The van der Waals surface area contributed by atoms with Crippen LogP contribution in [-0.2, 0) is 21.3 Å². The van der Waals surface area contributed by atoms with Gasteiger partial charge in [0.1, 0.15) is 11.5 Å². The first-order valence-corrected chi connectivity index (χ1v) is 10.3. The molecule has 0 spiro atoms. The number of rotatable bonds is 6. The molecule has 1 aromatic heterocycles. The first kappa shape index (κ1) is 19.6. The Morgan fingerprint density at radius 1 is 1.11 bits per heavy atom. The molecule has 3 rings (SSSR count).